The van der Waals surface area contributed by atoms with E-state index in [9.17, 15) is 0 Å². The van der Waals surface area contributed by atoms with Gasteiger partial charge in [-0.15, -0.1) is 22.7 Å². The molecule has 0 N–H and O–H groups in total. The SMILES string of the molecule is c1ccc(-c2nc(-n3c4ccc(-c5ccc6c(c5)c5ccccc5n6-c5ccccc5)cc4c4c5c6ccccc6sc5c5ccccc5c43)c3c(n2)sc2ccccc23)cc1. The average Bonchev–Trinajstić information content (AvgIpc) is 4.09. The molecule has 0 aliphatic carbocycles. The van der Waals surface area contributed by atoms with Crippen molar-refractivity contribution in [1.29, 1.82) is 0 Å². The Bertz CT molecular complexity index is 4150. The molecule has 0 saturated carbocycles. The summed E-state index contributed by atoms with van der Waals surface area (Å²) in [5.74, 6) is 1.62. The van der Waals surface area contributed by atoms with Crippen molar-refractivity contribution < 1.29 is 0 Å². The van der Waals surface area contributed by atoms with Crippen LogP contribution in [0.15, 0.2) is 194 Å². The Hall–Kier alpha value is -7.64. The molecule has 0 atom stereocenters. The number of thiophene rings is 2. The van der Waals surface area contributed by atoms with E-state index in [0.717, 1.165) is 38.6 Å². The van der Waals surface area contributed by atoms with Crippen molar-refractivity contribution in [1.82, 2.24) is 19.1 Å². The summed E-state index contributed by atoms with van der Waals surface area (Å²) in [7, 11) is 0. The normalized spacial score (nSPS) is 12.2. The molecule has 0 saturated heterocycles. The lowest BCUT2D eigenvalue weighted by atomic mass is 9.97. The van der Waals surface area contributed by atoms with Gasteiger partial charge in [0.1, 0.15) is 4.83 Å². The van der Waals surface area contributed by atoms with E-state index in [1.165, 1.54) is 90.3 Å². The largest absolute Gasteiger partial charge is 0.309 e. The number of benzene rings is 9. The molecular formula is C56H32N4S2. The zero-order valence-corrected chi connectivity index (χ0v) is 34.7. The van der Waals surface area contributed by atoms with Crippen LogP contribution >= 0.6 is 22.7 Å². The number of nitrogens with zero attached hydrogens (tertiary/aromatic N) is 4. The zero-order chi connectivity index (χ0) is 40.5. The van der Waals surface area contributed by atoms with Gasteiger partial charge in [-0.05, 0) is 65.7 Å². The summed E-state index contributed by atoms with van der Waals surface area (Å²) >= 11 is 3.63. The third-order valence-corrected chi connectivity index (χ3v) is 15.0. The molecule has 0 aliphatic heterocycles. The molecule has 14 rings (SSSR count). The molecule has 5 aromatic heterocycles. The van der Waals surface area contributed by atoms with Crippen molar-refractivity contribution in [3.8, 4) is 34.0 Å². The third-order valence-electron chi connectivity index (χ3n) is 12.7. The smallest absolute Gasteiger partial charge is 0.163 e. The lowest BCUT2D eigenvalue weighted by Gasteiger charge is -2.13. The molecule has 0 unspecified atom stereocenters. The summed E-state index contributed by atoms with van der Waals surface area (Å²) in [6, 6.07) is 70.5. The summed E-state index contributed by atoms with van der Waals surface area (Å²) in [4.78, 5) is 11.9. The van der Waals surface area contributed by atoms with Gasteiger partial charge in [0, 0.05) is 73.8 Å². The van der Waals surface area contributed by atoms with E-state index < -0.39 is 0 Å². The molecule has 0 fully saturated rings. The van der Waals surface area contributed by atoms with Crippen molar-refractivity contribution in [2.24, 2.45) is 0 Å². The van der Waals surface area contributed by atoms with E-state index in [0.29, 0.717) is 0 Å². The molecule has 288 valence electrons. The number of hydrogen-bond donors (Lipinski definition) is 0. The van der Waals surface area contributed by atoms with E-state index in [-0.39, 0.29) is 0 Å². The molecule has 0 amide bonds. The fourth-order valence-electron chi connectivity index (χ4n) is 10.1. The molecule has 5 heterocycles. The molecule has 14 aromatic rings. The highest BCUT2D eigenvalue weighted by Crippen LogP contribution is 2.50. The molecule has 9 aromatic carbocycles. The molecule has 62 heavy (non-hydrogen) atoms. The van der Waals surface area contributed by atoms with Crippen LogP contribution in [-0.4, -0.2) is 19.1 Å². The standard InChI is InChI=1S/C56H32N4S2/c1-3-15-33(16-4-1)54-57-55(51-41-23-11-14-26-48(41)62-56(51)58-54)60-46-30-28-35(34-27-29-45-42(31-34)37-19-9-12-24-44(37)59(45)36-17-5-2-6-18-36)32-43(46)49-50-40-22-10-13-25-47(40)61-53(50)39-21-8-7-20-38(39)52(49)60/h1-32H. The number of aromatic nitrogens is 4. The molecule has 6 heteroatoms. The van der Waals surface area contributed by atoms with E-state index in [1.54, 1.807) is 11.3 Å². The average molecular weight is 825 g/mol. The van der Waals surface area contributed by atoms with Gasteiger partial charge in [-0.2, -0.15) is 0 Å². The maximum Gasteiger partial charge on any atom is 0.163 e. The first-order valence-corrected chi connectivity index (χ1v) is 22.5. The highest BCUT2D eigenvalue weighted by molar-refractivity contribution is 7.27. The Morgan fingerprint density at radius 3 is 1.68 bits per heavy atom. The van der Waals surface area contributed by atoms with Crippen LogP contribution in [0.5, 0.6) is 0 Å². The molecule has 4 nitrogen and oxygen atoms in total. The summed E-state index contributed by atoms with van der Waals surface area (Å²) in [5.41, 5.74) is 9.20. The van der Waals surface area contributed by atoms with Gasteiger partial charge in [0.05, 0.1) is 27.5 Å². The fourth-order valence-corrected chi connectivity index (χ4v) is 12.4. The first-order chi connectivity index (χ1) is 30.8. The Morgan fingerprint density at radius 2 is 0.919 bits per heavy atom. The van der Waals surface area contributed by atoms with Crippen molar-refractivity contribution >= 4 is 118 Å². The van der Waals surface area contributed by atoms with Crippen molar-refractivity contribution in [2.45, 2.75) is 0 Å². The van der Waals surface area contributed by atoms with E-state index in [1.807, 2.05) is 11.3 Å². The number of hydrogen-bond acceptors (Lipinski definition) is 4. The topological polar surface area (TPSA) is 35.6 Å². The van der Waals surface area contributed by atoms with Crippen molar-refractivity contribution in [3.63, 3.8) is 0 Å². The van der Waals surface area contributed by atoms with Crippen LogP contribution in [0.2, 0.25) is 0 Å². The summed E-state index contributed by atoms with van der Waals surface area (Å²) in [6.07, 6.45) is 0. The first-order valence-electron chi connectivity index (χ1n) is 20.9. The lowest BCUT2D eigenvalue weighted by molar-refractivity contribution is 1.08. The maximum atomic E-state index is 5.60. The van der Waals surface area contributed by atoms with Gasteiger partial charge in [-0.25, -0.2) is 9.97 Å². The highest BCUT2D eigenvalue weighted by atomic mass is 32.1. The lowest BCUT2D eigenvalue weighted by Crippen LogP contribution is -2.02. The Morgan fingerprint density at radius 1 is 0.355 bits per heavy atom. The molecule has 0 spiro atoms. The Kier molecular flexibility index (Phi) is 7.11. The zero-order valence-electron chi connectivity index (χ0n) is 33.1. The molecular weight excluding hydrogens is 793 g/mol. The van der Waals surface area contributed by atoms with Crippen LogP contribution in [0.4, 0.5) is 0 Å². The molecule has 0 radical (unpaired) electrons. The predicted octanol–water partition coefficient (Wildman–Crippen LogP) is 15.9. The number of para-hydroxylation sites is 2. The van der Waals surface area contributed by atoms with Crippen LogP contribution in [0.3, 0.4) is 0 Å². The fraction of sp³-hybridized carbons (Fsp3) is 0. The minimum Gasteiger partial charge on any atom is -0.309 e. The second-order valence-electron chi connectivity index (χ2n) is 16.1. The van der Waals surface area contributed by atoms with Gasteiger partial charge in [-0.1, -0.05) is 140 Å². The Balaban J connectivity index is 1.14. The number of fused-ring (bicyclic) bond motifs is 16. The first kappa shape index (κ1) is 34.1. The number of rotatable bonds is 4. The van der Waals surface area contributed by atoms with Crippen LogP contribution in [-0.2, 0) is 0 Å². The monoisotopic (exact) mass is 824 g/mol. The minimum atomic E-state index is 0.723. The van der Waals surface area contributed by atoms with Gasteiger partial charge < -0.3 is 4.57 Å². The van der Waals surface area contributed by atoms with E-state index >= 15 is 0 Å². The summed E-state index contributed by atoms with van der Waals surface area (Å²) in [6.45, 7) is 0. The summed E-state index contributed by atoms with van der Waals surface area (Å²) < 4.78 is 8.65. The molecule has 0 bridgehead atoms. The van der Waals surface area contributed by atoms with Crippen LogP contribution in [0.25, 0.3) is 129 Å². The van der Waals surface area contributed by atoms with Crippen LogP contribution in [0.1, 0.15) is 0 Å². The minimum absolute atomic E-state index is 0.723. The van der Waals surface area contributed by atoms with Crippen LogP contribution < -0.4 is 0 Å². The van der Waals surface area contributed by atoms with E-state index in [4.69, 9.17) is 9.97 Å². The van der Waals surface area contributed by atoms with Gasteiger partial charge in [-0.3, -0.25) is 4.57 Å². The van der Waals surface area contributed by atoms with E-state index in [2.05, 4.69) is 203 Å². The second-order valence-corrected chi connectivity index (χ2v) is 18.2. The predicted molar refractivity (Wildman–Crippen MR) is 265 cm³/mol. The third kappa shape index (κ3) is 4.76. The Labute approximate surface area is 362 Å². The van der Waals surface area contributed by atoms with Gasteiger partial charge in [0.15, 0.2) is 11.6 Å². The quantitative estimate of drug-likeness (QED) is 0.177. The summed E-state index contributed by atoms with van der Waals surface area (Å²) in [5, 5.41) is 12.2. The maximum absolute atomic E-state index is 5.60. The van der Waals surface area contributed by atoms with Gasteiger partial charge >= 0.3 is 0 Å². The van der Waals surface area contributed by atoms with Gasteiger partial charge in [0.2, 0.25) is 0 Å². The van der Waals surface area contributed by atoms with Crippen LogP contribution in [0, 0.1) is 0 Å². The van der Waals surface area contributed by atoms with Crippen molar-refractivity contribution in [3.05, 3.63) is 194 Å². The van der Waals surface area contributed by atoms with Gasteiger partial charge in [0.25, 0.3) is 0 Å². The second kappa shape index (κ2) is 12.9. The van der Waals surface area contributed by atoms with Crippen molar-refractivity contribution in [2.75, 3.05) is 0 Å². The highest BCUT2D eigenvalue weighted by Gasteiger charge is 2.26. The molecule has 0 aliphatic rings.